The van der Waals surface area contributed by atoms with Crippen LogP contribution in [0.3, 0.4) is 0 Å². The Bertz CT molecular complexity index is 380. The third-order valence-electron chi connectivity index (χ3n) is 3.43. The molecule has 0 aliphatic carbocycles. The van der Waals surface area contributed by atoms with E-state index in [0.29, 0.717) is 12.1 Å². The second-order valence-electron chi connectivity index (χ2n) is 4.67. The van der Waals surface area contributed by atoms with E-state index in [9.17, 15) is 9.90 Å². The van der Waals surface area contributed by atoms with Crippen LogP contribution in [0.15, 0.2) is 24.5 Å². The highest BCUT2D eigenvalue weighted by atomic mass is 16.3. The molecule has 2 atom stereocenters. The summed E-state index contributed by atoms with van der Waals surface area (Å²) in [6, 6.07) is 3.72. The van der Waals surface area contributed by atoms with E-state index in [4.69, 9.17) is 0 Å². The summed E-state index contributed by atoms with van der Waals surface area (Å²) in [6.45, 7) is 2.87. The van der Waals surface area contributed by atoms with Gasteiger partial charge in [-0.1, -0.05) is 0 Å². The Morgan fingerprint density at radius 1 is 1.47 bits per heavy atom. The maximum absolute atomic E-state index is 12.3. The van der Waals surface area contributed by atoms with Gasteiger partial charge in [0.1, 0.15) is 0 Å². The molecule has 0 saturated carbocycles. The molecule has 17 heavy (non-hydrogen) atoms. The Kier molecular flexibility index (Phi) is 3.74. The summed E-state index contributed by atoms with van der Waals surface area (Å²) >= 11 is 0. The van der Waals surface area contributed by atoms with Gasteiger partial charge in [0.2, 0.25) is 0 Å². The molecule has 1 aromatic rings. The Balaban J connectivity index is 2.12. The molecule has 92 valence electrons. The van der Waals surface area contributed by atoms with E-state index in [1.807, 2.05) is 4.90 Å². The van der Waals surface area contributed by atoms with Gasteiger partial charge < -0.3 is 10.0 Å². The lowest BCUT2D eigenvalue weighted by Crippen LogP contribution is -2.46. The highest BCUT2D eigenvalue weighted by Crippen LogP contribution is 2.23. The monoisotopic (exact) mass is 234 g/mol. The number of rotatable bonds is 2. The Hall–Kier alpha value is -1.42. The molecule has 4 heteroatoms. The summed E-state index contributed by atoms with van der Waals surface area (Å²) in [5.74, 6) is 0.259. The number of aliphatic hydroxyl groups excluding tert-OH is 1. The lowest BCUT2D eigenvalue weighted by Gasteiger charge is -2.37. The van der Waals surface area contributed by atoms with E-state index in [-0.39, 0.29) is 24.5 Å². The number of nitrogens with zero attached hydrogens (tertiary/aromatic N) is 2. The van der Waals surface area contributed by atoms with Crippen LogP contribution in [0.1, 0.15) is 30.1 Å². The van der Waals surface area contributed by atoms with Crippen molar-refractivity contribution in [2.24, 2.45) is 5.92 Å². The molecule has 1 aliphatic rings. The zero-order chi connectivity index (χ0) is 12.3. The van der Waals surface area contributed by atoms with Crippen molar-refractivity contribution in [2.75, 3.05) is 13.2 Å². The molecular weight excluding hydrogens is 216 g/mol. The standard InChI is InChI=1S/C13H18N2O2/c1-10-2-3-11(9-16)8-15(10)13(17)12-4-6-14-7-5-12/h4-7,10-11,16H,2-3,8-9H2,1H3. The van der Waals surface area contributed by atoms with Gasteiger partial charge in [0, 0.05) is 37.2 Å². The van der Waals surface area contributed by atoms with E-state index < -0.39 is 0 Å². The number of amides is 1. The van der Waals surface area contributed by atoms with Crippen LogP contribution in [0.4, 0.5) is 0 Å². The molecule has 2 unspecified atom stereocenters. The molecule has 1 amide bonds. The first kappa shape index (κ1) is 12.0. The van der Waals surface area contributed by atoms with E-state index >= 15 is 0 Å². The van der Waals surface area contributed by atoms with Crippen molar-refractivity contribution in [2.45, 2.75) is 25.8 Å². The second kappa shape index (κ2) is 5.27. The van der Waals surface area contributed by atoms with Crippen molar-refractivity contribution in [3.05, 3.63) is 30.1 Å². The maximum Gasteiger partial charge on any atom is 0.254 e. The lowest BCUT2D eigenvalue weighted by molar-refractivity contribution is 0.0489. The van der Waals surface area contributed by atoms with Crippen LogP contribution >= 0.6 is 0 Å². The molecule has 1 fully saturated rings. The third kappa shape index (κ3) is 2.64. The van der Waals surface area contributed by atoms with Crippen LogP contribution in [0.2, 0.25) is 0 Å². The average molecular weight is 234 g/mol. The van der Waals surface area contributed by atoms with Crippen molar-refractivity contribution < 1.29 is 9.90 Å². The van der Waals surface area contributed by atoms with E-state index in [1.165, 1.54) is 0 Å². The minimum atomic E-state index is 0.0399. The highest BCUT2D eigenvalue weighted by molar-refractivity contribution is 5.94. The molecule has 1 saturated heterocycles. The van der Waals surface area contributed by atoms with Gasteiger partial charge in [-0.3, -0.25) is 9.78 Å². The summed E-state index contributed by atoms with van der Waals surface area (Å²) < 4.78 is 0. The minimum absolute atomic E-state index is 0.0399. The summed E-state index contributed by atoms with van der Waals surface area (Å²) in [7, 11) is 0. The van der Waals surface area contributed by atoms with Crippen LogP contribution in [0.25, 0.3) is 0 Å². The van der Waals surface area contributed by atoms with Gasteiger partial charge in [-0.2, -0.15) is 0 Å². The van der Waals surface area contributed by atoms with Gasteiger partial charge in [0.05, 0.1) is 0 Å². The topological polar surface area (TPSA) is 53.4 Å². The fraction of sp³-hybridized carbons (Fsp3) is 0.538. The number of hydrogen-bond acceptors (Lipinski definition) is 3. The van der Waals surface area contributed by atoms with Gasteiger partial charge in [0.25, 0.3) is 5.91 Å². The summed E-state index contributed by atoms with van der Waals surface area (Å²) in [5.41, 5.74) is 0.672. The first-order chi connectivity index (χ1) is 8.22. The lowest BCUT2D eigenvalue weighted by atomic mass is 9.93. The zero-order valence-electron chi connectivity index (χ0n) is 10.0. The largest absolute Gasteiger partial charge is 0.396 e. The number of carbonyl (C=O) groups is 1. The molecule has 0 radical (unpaired) electrons. The van der Waals surface area contributed by atoms with Crippen molar-refractivity contribution >= 4 is 5.91 Å². The molecule has 1 aliphatic heterocycles. The molecule has 0 bridgehead atoms. The van der Waals surface area contributed by atoms with Crippen LogP contribution in [0.5, 0.6) is 0 Å². The second-order valence-corrected chi connectivity index (χ2v) is 4.67. The Labute approximate surface area is 101 Å². The number of hydrogen-bond donors (Lipinski definition) is 1. The van der Waals surface area contributed by atoms with E-state index in [0.717, 1.165) is 12.8 Å². The number of pyridine rings is 1. The SMILES string of the molecule is CC1CCC(CO)CN1C(=O)c1ccncc1. The first-order valence-electron chi connectivity index (χ1n) is 6.04. The number of piperidine rings is 1. The average Bonchev–Trinajstić information content (AvgIpc) is 2.39. The number of aliphatic hydroxyl groups is 1. The molecule has 2 rings (SSSR count). The molecule has 4 nitrogen and oxygen atoms in total. The third-order valence-corrected chi connectivity index (χ3v) is 3.43. The first-order valence-corrected chi connectivity index (χ1v) is 6.04. The highest BCUT2D eigenvalue weighted by Gasteiger charge is 2.28. The van der Waals surface area contributed by atoms with Gasteiger partial charge in [0.15, 0.2) is 0 Å². The number of carbonyl (C=O) groups excluding carboxylic acids is 1. The number of aromatic nitrogens is 1. The fourth-order valence-corrected chi connectivity index (χ4v) is 2.27. The van der Waals surface area contributed by atoms with Crippen LogP contribution < -0.4 is 0 Å². The summed E-state index contributed by atoms with van der Waals surface area (Å²) in [4.78, 5) is 18.1. The Morgan fingerprint density at radius 3 is 2.82 bits per heavy atom. The van der Waals surface area contributed by atoms with Gasteiger partial charge in [-0.25, -0.2) is 0 Å². The van der Waals surface area contributed by atoms with E-state index in [2.05, 4.69) is 11.9 Å². The van der Waals surface area contributed by atoms with E-state index in [1.54, 1.807) is 24.5 Å². The molecule has 1 N–H and O–H groups in total. The Morgan fingerprint density at radius 2 is 2.18 bits per heavy atom. The normalized spacial score (nSPS) is 24.7. The van der Waals surface area contributed by atoms with Crippen LogP contribution in [0, 0.1) is 5.92 Å². The molecule has 2 heterocycles. The van der Waals surface area contributed by atoms with Gasteiger partial charge in [-0.05, 0) is 37.8 Å². The van der Waals surface area contributed by atoms with Crippen molar-refractivity contribution in [3.63, 3.8) is 0 Å². The molecular formula is C13H18N2O2. The van der Waals surface area contributed by atoms with Crippen molar-refractivity contribution in [3.8, 4) is 0 Å². The van der Waals surface area contributed by atoms with Crippen molar-refractivity contribution in [1.82, 2.24) is 9.88 Å². The molecule has 1 aromatic heterocycles. The fourth-order valence-electron chi connectivity index (χ4n) is 2.27. The predicted octanol–water partition coefficient (Wildman–Crippen LogP) is 1.31. The van der Waals surface area contributed by atoms with Gasteiger partial charge in [-0.15, -0.1) is 0 Å². The zero-order valence-corrected chi connectivity index (χ0v) is 10.0. The quantitative estimate of drug-likeness (QED) is 0.839. The van der Waals surface area contributed by atoms with Crippen molar-refractivity contribution in [1.29, 1.82) is 0 Å². The summed E-state index contributed by atoms with van der Waals surface area (Å²) in [6.07, 6.45) is 5.22. The van der Waals surface area contributed by atoms with Crippen LogP contribution in [-0.4, -0.2) is 40.1 Å². The number of likely N-dealkylation sites (tertiary alicyclic amines) is 1. The molecule has 0 spiro atoms. The maximum atomic E-state index is 12.3. The minimum Gasteiger partial charge on any atom is -0.396 e. The summed E-state index contributed by atoms with van der Waals surface area (Å²) in [5, 5.41) is 9.20. The van der Waals surface area contributed by atoms with Crippen LogP contribution in [-0.2, 0) is 0 Å². The van der Waals surface area contributed by atoms with Gasteiger partial charge >= 0.3 is 0 Å². The smallest absolute Gasteiger partial charge is 0.254 e. The predicted molar refractivity (Wildman–Crippen MR) is 64.5 cm³/mol. The molecule has 0 aromatic carbocycles.